The highest BCUT2D eigenvalue weighted by molar-refractivity contribution is 5.68. The van der Waals surface area contributed by atoms with Crippen LogP contribution in [0.1, 0.15) is 55.7 Å². The summed E-state index contributed by atoms with van der Waals surface area (Å²) in [6, 6.07) is 9.74. The molecule has 0 fully saturated rings. The first-order valence-corrected chi connectivity index (χ1v) is 9.47. The van der Waals surface area contributed by atoms with Crippen LogP contribution in [-0.2, 0) is 11.2 Å². The summed E-state index contributed by atoms with van der Waals surface area (Å²) >= 11 is 0. The van der Waals surface area contributed by atoms with Gasteiger partial charge in [0.1, 0.15) is 5.82 Å². The van der Waals surface area contributed by atoms with E-state index in [1.54, 1.807) is 19.4 Å². The van der Waals surface area contributed by atoms with Crippen LogP contribution >= 0.6 is 0 Å². The molecule has 0 amide bonds. The molecule has 2 rings (SSSR count). The van der Waals surface area contributed by atoms with Crippen molar-refractivity contribution in [3.8, 4) is 5.88 Å². The van der Waals surface area contributed by atoms with Gasteiger partial charge in [0.2, 0.25) is 5.88 Å². The molecular formula is C21H29N3O3. The maximum atomic E-state index is 11.2. The molecule has 27 heavy (non-hydrogen) atoms. The van der Waals surface area contributed by atoms with Crippen LogP contribution in [0.25, 0.3) is 0 Å². The van der Waals surface area contributed by atoms with Crippen LogP contribution in [0.5, 0.6) is 5.88 Å². The first-order chi connectivity index (χ1) is 13.1. The molecule has 2 aromatic rings. The minimum absolute atomic E-state index is 0.00474. The first kappa shape index (κ1) is 20.7. The number of aromatic nitrogens is 2. The normalized spacial score (nSPS) is 11.8. The largest absolute Gasteiger partial charge is 0.481 e. The van der Waals surface area contributed by atoms with Crippen LogP contribution in [0.2, 0.25) is 0 Å². The number of carboxylic acid groups (broad SMARTS) is 1. The molecule has 0 aliphatic carbocycles. The van der Waals surface area contributed by atoms with Crippen molar-refractivity contribution in [1.82, 2.24) is 9.97 Å². The van der Waals surface area contributed by atoms with Gasteiger partial charge in [-0.1, -0.05) is 31.4 Å². The molecular weight excluding hydrogens is 342 g/mol. The van der Waals surface area contributed by atoms with Gasteiger partial charge in [-0.25, -0.2) is 9.97 Å². The molecule has 0 aliphatic heterocycles. The smallest absolute Gasteiger partial charge is 0.303 e. The second-order valence-corrected chi connectivity index (χ2v) is 6.65. The predicted octanol–water partition coefficient (Wildman–Crippen LogP) is 4.28. The van der Waals surface area contributed by atoms with Crippen LogP contribution in [-0.4, -0.2) is 35.2 Å². The number of hydrogen-bond donors (Lipinski definition) is 2. The zero-order valence-electron chi connectivity index (χ0n) is 16.1. The second-order valence-electron chi connectivity index (χ2n) is 6.65. The van der Waals surface area contributed by atoms with E-state index >= 15 is 0 Å². The van der Waals surface area contributed by atoms with Gasteiger partial charge in [-0.3, -0.25) is 4.79 Å². The maximum Gasteiger partial charge on any atom is 0.303 e. The summed E-state index contributed by atoms with van der Waals surface area (Å²) in [5.74, 6) is 0.669. The number of hydrogen-bond acceptors (Lipinski definition) is 5. The third kappa shape index (κ3) is 7.25. The van der Waals surface area contributed by atoms with E-state index in [9.17, 15) is 9.90 Å². The molecule has 2 N–H and O–H groups in total. The van der Waals surface area contributed by atoms with Crippen molar-refractivity contribution in [3.05, 3.63) is 47.8 Å². The second kappa shape index (κ2) is 11.2. The van der Waals surface area contributed by atoms with Gasteiger partial charge >= 0.3 is 5.97 Å². The molecule has 2 aromatic heterocycles. The molecule has 6 nitrogen and oxygen atoms in total. The fourth-order valence-corrected chi connectivity index (χ4v) is 3.16. The molecule has 0 saturated carbocycles. The van der Waals surface area contributed by atoms with Crippen LogP contribution < -0.4 is 10.1 Å². The minimum atomic E-state index is -0.772. The van der Waals surface area contributed by atoms with Gasteiger partial charge in [0.25, 0.3) is 0 Å². The molecule has 0 aromatic carbocycles. The van der Waals surface area contributed by atoms with E-state index in [1.165, 1.54) is 0 Å². The van der Waals surface area contributed by atoms with Crippen LogP contribution in [0.15, 0.2) is 36.5 Å². The van der Waals surface area contributed by atoms with Crippen molar-refractivity contribution in [2.45, 2.75) is 50.9 Å². The summed E-state index contributed by atoms with van der Waals surface area (Å²) in [7, 11) is 3.44. The van der Waals surface area contributed by atoms with E-state index in [-0.39, 0.29) is 12.3 Å². The van der Waals surface area contributed by atoms with Gasteiger partial charge in [-0.2, -0.15) is 0 Å². The average Bonchev–Trinajstić information content (AvgIpc) is 2.69. The van der Waals surface area contributed by atoms with Crippen LogP contribution in [0.4, 0.5) is 5.82 Å². The summed E-state index contributed by atoms with van der Waals surface area (Å²) in [6.07, 6.45) is 7.99. The highest BCUT2D eigenvalue weighted by Crippen LogP contribution is 2.27. The van der Waals surface area contributed by atoms with Crippen molar-refractivity contribution in [1.29, 1.82) is 0 Å². The third-order valence-corrected chi connectivity index (χ3v) is 4.66. The number of carboxylic acids is 1. The molecule has 0 bridgehead atoms. The molecule has 0 saturated heterocycles. The number of nitrogens with zero attached hydrogens (tertiary/aromatic N) is 2. The van der Waals surface area contributed by atoms with E-state index in [1.807, 2.05) is 25.2 Å². The lowest BCUT2D eigenvalue weighted by Crippen LogP contribution is -2.07. The van der Waals surface area contributed by atoms with E-state index in [0.29, 0.717) is 5.88 Å². The van der Waals surface area contributed by atoms with E-state index in [0.717, 1.165) is 55.6 Å². The van der Waals surface area contributed by atoms with Crippen molar-refractivity contribution in [2.75, 3.05) is 19.5 Å². The summed E-state index contributed by atoms with van der Waals surface area (Å²) in [6.45, 7) is 0. The third-order valence-electron chi connectivity index (χ3n) is 4.66. The number of aryl methyl sites for hydroxylation is 1. The van der Waals surface area contributed by atoms with E-state index in [2.05, 4.69) is 21.4 Å². The average molecular weight is 371 g/mol. The topological polar surface area (TPSA) is 84.3 Å². The fraction of sp³-hybridized carbons (Fsp3) is 0.476. The van der Waals surface area contributed by atoms with Crippen molar-refractivity contribution >= 4 is 11.8 Å². The van der Waals surface area contributed by atoms with Gasteiger partial charge < -0.3 is 15.2 Å². The SMILES string of the molecule is CNc1cccc(CCCCCCC(CC(=O)O)c2ccc(OC)nc2)n1. The lowest BCUT2D eigenvalue weighted by molar-refractivity contribution is -0.137. The Morgan fingerprint density at radius 1 is 1.19 bits per heavy atom. The number of ether oxygens (including phenoxy) is 1. The monoisotopic (exact) mass is 371 g/mol. The summed E-state index contributed by atoms with van der Waals surface area (Å²) in [4.78, 5) is 19.9. The van der Waals surface area contributed by atoms with Crippen LogP contribution in [0.3, 0.4) is 0 Å². The molecule has 2 heterocycles. The number of methoxy groups -OCH3 is 1. The predicted molar refractivity (Wildman–Crippen MR) is 106 cm³/mol. The van der Waals surface area contributed by atoms with Gasteiger partial charge in [0.05, 0.1) is 13.5 Å². The van der Waals surface area contributed by atoms with Gasteiger partial charge in [-0.15, -0.1) is 0 Å². The van der Waals surface area contributed by atoms with Crippen molar-refractivity contribution < 1.29 is 14.6 Å². The molecule has 1 unspecified atom stereocenters. The molecule has 6 heteroatoms. The lowest BCUT2D eigenvalue weighted by atomic mass is 9.91. The Balaban J connectivity index is 1.75. The molecule has 0 aliphatic rings. The maximum absolute atomic E-state index is 11.2. The van der Waals surface area contributed by atoms with Gasteiger partial charge in [0.15, 0.2) is 0 Å². The minimum Gasteiger partial charge on any atom is -0.481 e. The summed E-state index contributed by atoms with van der Waals surface area (Å²) in [5.41, 5.74) is 2.07. The van der Waals surface area contributed by atoms with E-state index in [4.69, 9.17) is 4.74 Å². The van der Waals surface area contributed by atoms with Gasteiger partial charge in [0, 0.05) is 25.0 Å². The number of carbonyl (C=O) groups is 1. The number of rotatable bonds is 12. The Bertz CT molecular complexity index is 704. The number of unbranched alkanes of at least 4 members (excludes halogenated alkanes) is 3. The van der Waals surface area contributed by atoms with Crippen molar-refractivity contribution in [3.63, 3.8) is 0 Å². The summed E-state index contributed by atoms with van der Waals surface area (Å²) < 4.78 is 5.07. The Labute approximate surface area is 161 Å². The lowest BCUT2D eigenvalue weighted by Gasteiger charge is -2.15. The summed E-state index contributed by atoms with van der Waals surface area (Å²) in [5, 5.41) is 12.3. The Morgan fingerprint density at radius 3 is 2.67 bits per heavy atom. The quantitative estimate of drug-likeness (QED) is 0.542. The molecule has 146 valence electrons. The zero-order chi connectivity index (χ0) is 19.5. The number of anilines is 1. The number of pyridine rings is 2. The molecule has 0 spiro atoms. The van der Waals surface area contributed by atoms with Crippen LogP contribution in [0, 0.1) is 0 Å². The van der Waals surface area contributed by atoms with Crippen molar-refractivity contribution in [2.24, 2.45) is 0 Å². The van der Waals surface area contributed by atoms with Gasteiger partial charge in [-0.05, 0) is 42.9 Å². The molecule has 1 atom stereocenters. The van der Waals surface area contributed by atoms with E-state index < -0.39 is 5.97 Å². The fourth-order valence-electron chi connectivity index (χ4n) is 3.16. The Kier molecular flexibility index (Phi) is 8.55. The highest BCUT2D eigenvalue weighted by atomic mass is 16.5. The highest BCUT2D eigenvalue weighted by Gasteiger charge is 2.16. The first-order valence-electron chi connectivity index (χ1n) is 9.47. The molecule has 0 radical (unpaired) electrons. The Hall–Kier alpha value is -2.63. The number of nitrogens with one attached hydrogen (secondary N) is 1. The number of aliphatic carboxylic acids is 1. The standard InChI is InChI=1S/C21H29N3O3/c1-22-19-11-7-10-18(24-19)9-6-4-3-5-8-16(14-21(25)26)17-12-13-20(27-2)23-15-17/h7,10-13,15-16H,3-6,8-9,14H2,1-2H3,(H,22,24)(H,25,26). The Morgan fingerprint density at radius 2 is 2.00 bits per heavy atom. The zero-order valence-corrected chi connectivity index (χ0v) is 16.1.